The van der Waals surface area contributed by atoms with Crippen molar-refractivity contribution in [1.82, 2.24) is 5.32 Å². The average molecular weight is 344 g/mol. The fourth-order valence-corrected chi connectivity index (χ4v) is 6.94. The number of rotatable bonds is 3. The van der Waals surface area contributed by atoms with Crippen molar-refractivity contribution >= 4 is 0 Å². The van der Waals surface area contributed by atoms with Gasteiger partial charge >= 0.3 is 0 Å². The third-order valence-electron chi connectivity index (χ3n) is 8.49. The second-order valence-electron chi connectivity index (χ2n) is 10.2. The first kappa shape index (κ1) is 18.1. The summed E-state index contributed by atoms with van der Waals surface area (Å²) in [5.41, 5.74) is 0.611. The fourth-order valence-electron chi connectivity index (χ4n) is 6.94. The van der Waals surface area contributed by atoms with E-state index in [4.69, 9.17) is 0 Å². The van der Waals surface area contributed by atoms with Crippen molar-refractivity contribution in [2.45, 2.75) is 115 Å². The van der Waals surface area contributed by atoms with E-state index in [0.29, 0.717) is 5.41 Å². The van der Waals surface area contributed by atoms with Gasteiger partial charge in [0, 0.05) is 12.1 Å². The van der Waals surface area contributed by atoms with Gasteiger partial charge in [0.25, 0.3) is 0 Å². The first-order valence-electron chi connectivity index (χ1n) is 11.7. The van der Waals surface area contributed by atoms with E-state index in [-0.39, 0.29) is 0 Å². The Balaban J connectivity index is 1.51. The molecule has 3 fully saturated rings. The Morgan fingerprint density at radius 2 is 1.36 bits per heavy atom. The topological polar surface area (TPSA) is 12.0 Å². The molecule has 2 saturated carbocycles. The maximum Gasteiger partial charge on any atom is 0.0106 e. The zero-order valence-electron chi connectivity index (χ0n) is 16.6. The highest BCUT2D eigenvalue weighted by atomic mass is 15.0. The Morgan fingerprint density at radius 1 is 0.720 bits per heavy atom. The van der Waals surface area contributed by atoms with Gasteiger partial charge in [-0.1, -0.05) is 57.6 Å². The van der Waals surface area contributed by atoms with Gasteiger partial charge in [-0.3, -0.25) is 0 Å². The summed E-state index contributed by atoms with van der Waals surface area (Å²) in [5, 5.41) is 4.25. The Labute approximate surface area is 156 Å². The molecule has 25 heavy (non-hydrogen) atoms. The monoisotopic (exact) mass is 343 g/mol. The van der Waals surface area contributed by atoms with Crippen LogP contribution in [0.4, 0.5) is 0 Å². The molecule has 0 radical (unpaired) electrons. The molecule has 0 aromatic rings. The molecular weight excluding hydrogens is 302 g/mol. The third kappa shape index (κ3) is 4.18. The van der Waals surface area contributed by atoms with E-state index < -0.39 is 0 Å². The van der Waals surface area contributed by atoms with Crippen LogP contribution in [0.2, 0.25) is 0 Å². The van der Waals surface area contributed by atoms with Crippen LogP contribution < -0.4 is 5.32 Å². The molecule has 4 unspecified atom stereocenters. The van der Waals surface area contributed by atoms with Gasteiger partial charge in [0.05, 0.1) is 0 Å². The van der Waals surface area contributed by atoms with Crippen LogP contribution in [0.15, 0.2) is 12.2 Å². The Morgan fingerprint density at radius 3 is 2.00 bits per heavy atom. The minimum atomic E-state index is 0.611. The van der Waals surface area contributed by atoms with Crippen molar-refractivity contribution in [1.29, 1.82) is 0 Å². The summed E-state index contributed by atoms with van der Waals surface area (Å²) in [6.45, 7) is 2.70. The Hall–Kier alpha value is -0.300. The van der Waals surface area contributed by atoms with Crippen LogP contribution in [0.25, 0.3) is 0 Å². The Bertz CT molecular complexity index is 443. The lowest BCUT2D eigenvalue weighted by Crippen LogP contribution is -2.57. The van der Waals surface area contributed by atoms with Gasteiger partial charge in [-0.05, 0) is 81.0 Å². The Kier molecular flexibility index (Phi) is 5.90. The lowest BCUT2D eigenvalue weighted by molar-refractivity contribution is 0.0166. The molecule has 1 heteroatoms. The van der Waals surface area contributed by atoms with Gasteiger partial charge in [-0.15, -0.1) is 0 Å². The molecule has 1 heterocycles. The van der Waals surface area contributed by atoms with Gasteiger partial charge in [-0.2, -0.15) is 0 Å². The largest absolute Gasteiger partial charge is 0.311 e. The minimum Gasteiger partial charge on any atom is -0.311 e. The molecule has 0 bridgehead atoms. The van der Waals surface area contributed by atoms with E-state index in [9.17, 15) is 0 Å². The molecule has 4 rings (SSSR count). The summed E-state index contributed by atoms with van der Waals surface area (Å²) >= 11 is 0. The predicted octanol–water partition coefficient (Wildman–Crippen LogP) is 6.63. The van der Waals surface area contributed by atoms with Crippen molar-refractivity contribution in [3.05, 3.63) is 12.2 Å². The van der Waals surface area contributed by atoms with E-state index in [1.807, 2.05) is 0 Å². The zero-order chi connectivity index (χ0) is 17.1. The highest BCUT2D eigenvalue weighted by molar-refractivity contribution is 5.03. The van der Waals surface area contributed by atoms with E-state index in [2.05, 4.69) is 24.4 Å². The summed E-state index contributed by atoms with van der Waals surface area (Å²) < 4.78 is 0. The molecule has 0 amide bonds. The van der Waals surface area contributed by atoms with E-state index in [1.54, 1.807) is 0 Å². The van der Waals surface area contributed by atoms with Gasteiger partial charge in [-0.25, -0.2) is 0 Å². The maximum absolute atomic E-state index is 4.25. The summed E-state index contributed by atoms with van der Waals surface area (Å²) in [6, 6.07) is 1.61. The van der Waals surface area contributed by atoms with E-state index in [1.165, 1.54) is 96.3 Å². The number of hydrogen-bond donors (Lipinski definition) is 1. The van der Waals surface area contributed by atoms with Gasteiger partial charge in [0.2, 0.25) is 0 Å². The van der Waals surface area contributed by atoms with Crippen molar-refractivity contribution in [2.24, 2.45) is 23.2 Å². The molecule has 0 spiro atoms. The summed E-state index contributed by atoms with van der Waals surface area (Å²) in [7, 11) is 0. The van der Waals surface area contributed by atoms with Crippen LogP contribution in [0, 0.1) is 23.2 Å². The predicted molar refractivity (Wildman–Crippen MR) is 108 cm³/mol. The van der Waals surface area contributed by atoms with Crippen LogP contribution in [0.3, 0.4) is 0 Å². The molecule has 0 aromatic heterocycles. The first-order chi connectivity index (χ1) is 12.2. The van der Waals surface area contributed by atoms with Crippen molar-refractivity contribution in [3.63, 3.8) is 0 Å². The van der Waals surface area contributed by atoms with Crippen LogP contribution in [-0.2, 0) is 0 Å². The molecule has 3 aliphatic carbocycles. The first-order valence-corrected chi connectivity index (χ1v) is 11.7. The molecular formula is C24H41N. The molecule has 0 aromatic carbocycles. The maximum atomic E-state index is 4.25. The molecule has 4 atom stereocenters. The smallest absolute Gasteiger partial charge is 0.0106 e. The zero-order valence-corrected chi connectivity index (χ0v) is 16.6. The molecule has 142 valence electrons. The summed E-state index contributed by atoms with van der Waals surface area (Å²) in [6.07, 6.45) is 26.9. The minimum absolute atomic E-state index is 0.611. The number of allylic oxidation sites excluding steroid dienone is 2. The van der Waals surface area contributed by atoms with E-state index >= 15 is 0 Å². The average Bonchev–Trinajstić information content (AvgIpc) is 2.70. The van der Waals surface area contributed by atoms with Gasteiger partial charge in [0.15, 0.2) is 0 Å². The fraction of sp³-hybridized carbons (Fsp3) is 0.917. The molecule has 1 N–H and O–H groups in total. The highest BCUT2D eigenvalue weighted by Crippen LogP contribution is 2.50. The number of piperidine rings is 1. The second kappa shape index (κ2) is 8.15. The van der Waals surface area contributed by atoms with Crippen molar-refractivity contribution in [3.8, 4) is 0 Å². The standard InChI is InChI=1S/C24H41N/c1-24(21-15-9-4-10-16-21)17-22(19-11-5-2-6-12-19)25-23(18-24)20-13-7-3-8-14-20/h2,5,19-23,25H,3-4,6-18H2,1H3. The van der Waals surface area contributed by atoms with Crippen LogP contribution in [0.5, 0.6) is 0 Å². The number of nitrogens with one attached hydrogen (secondary N) is 1. The number of hydrogen-bond acceptors (Lipinski definition) is 1. The van der Waals surface area contributed by atoms with Crippen LogP contribution in [0.1, 0.15) is 103 Å². The van der Waals surface area contributed by atoms with Crippen molar-refractivity contribution in [2.75, 3.05) is 0 Å². The lowest BCUT2D eigenvalue weighted by Gasteiger charge is -2.52. The third-order valence-corrected chi connectivity index (χ3v) is 8.49. The second-order valence-corrected chi connectivity index (χ2v) is 10.2. The normalized spacial score (nSPS) is 41.7. The lowest BCUT2D eigenvalue weighted by atomic mass is 9.59. The van der Waals surface area contributed by atoms with Gasteiger partial charge in [0.1, 0.15) is 0 Å². The molecule has 4 aliphatic rings. The van der Waals surface area contributed by atoms with Crippen LogP contribution >= 0.6 is 0 Å². The van der Waals surface area contributed by atoms with Crippen molar-refractivity contribution < 1.29 is 0 Å². The molecule has 1 aliphatic heterocycles. The highest BCUT2D eigenvalue weighted by Gasteiger charge is 2.45. The molecule has 1 saturated heterocycles. The molecule has 1 nitrogen and oxygen atoms in total. The summed E-state index contributed by atoms with van der Waals surface area (Å²) in [5.74, 6) is 2.88. The summed E-state index contributed by atoms with van der Waals surface area (Å²) in [4.78, 5) is 0. The quantitative estimate of drug-likeness (QED) is 0.567. The van der Waals surface area contributed by atoms with Gasteiger partial charge < -0.3 is 5.32 Å². The van der Waals surface area contributed by atoms with Crippen LogP contribution in [-0.4, -0.2) is 12.1 Å². The SMILES string of the molecule is CC1(C2CCCCC2)CC(C2CC=CCC2)NC(C2CCCCC2)C1. The van der Waals surface area contributed by atoms with E-state index in [0.717, 1.165) is 29.8 Å².